The van der Waals surface area contributed by atoms with Crippen LogP contribution < -0.4 is 17.0 Å². The summed E-state index contributed by atoms with van der Waals surface area (Å²) >= 11 is 6.15. The molecule has 0 fully saturated rings. The average Bonchev–Trinajstić information content (AvgIpc) is 2.33. The number of nitrogens with zero attached hydrogens (tertiary/aromatic N) is 2. The molecule has 0 aliphatic rings. The fourth-order valence-electron chi connectivity index (χ4n) is 1.23. The van der Waals surface area contributed by atoms with Gasteiger partial charge in [0.1, 0.15) is 15.7 Å². The topological polar surface area (TPSA) is 101 Å². The summed E-state index contributed by atoms with van der Waals surface area (Å²) in [6.07, 6.45) is 0. The quantitative estimate of drug-likeness (QED) is 0.569. The van der Waals surface area contributed by atoms with E-state index in [-0.39, 0.29) is 17.1 Å². The van der Waals surface area contributed by atoms with Crippen LogP contribution in [0.5, 0.6) is 0 Å². The smallest absolute Gasteiger partial charge is 0.329 e. The fraction of sp³-hybridized carbons (Fsp3) is 0.400. The number of hydrogen-bond donors (Lipinski definition) is 2. The molecule has 19 heavy (non-hydrogen) atoms. The van der Waals surface area contributed by atoms with Gasteiger partial charge in [-0.2, -0.15) is 0 Å². The Morgan fingerprint density at radius 2 is 2.05 bits per heavy atom. The molecule has 0 bridgehead atoms. The summed E-state index contributed by atoms with van der Waals surface area (Å²) in [5.41, 5.74) is 3.98. The van der Waals surface area contributed by atoms with Gasteiger partial charge in [-0.05, 0) is 0 Å². The van der Waals surface area contributed by atoms with Gasteiger partial charge in [-0.25, -0.2) is 4.79 Å². The Morgan fingerprint density at radius 3 is 2.58 bits per heavy atom. The second-order valence-electron chi connectivity index (χ2n) is 3.95. The van der Waals surface area contributed by atoms with Crippen molar-refractivity contribution in [1.29, 1.82) is 0 Å². The number of nitrogens with one attached hydrogen (secondary N) is 1. The molecular weight excluding hydrogens is 288 g/mol. The summed E-state index contributed by atoms with van der Waals surface area (Å²) in [5, 5.41) is 0. The summed E-state index contributed by atoms with van der Waals surface area (Å²) in [7, 11) is 4.89. The Labute approximate surface area is 118 Å². The summed E-state index contributed by atoms with van der Waals surface area (Å²) in [4.78, 5) is 38.6. The van der Waals surface area contributed by atoms with Crippen molar-refractivity contribution in [3.8, 4) is 0 Å². The van der Waals surface area contributed by atoms with E-state index in [1.54, 1.807) is 19.0 Å². The van der Waals surface area contributed by atoms with Gasteiger partial charge in [0.25, 0.3) is 5.56 Å². The maximum atomic E-state index is 12.0. The zero-order valence-electron chi connectivity index (χ0n) is 10.7. The van der Waals surface area contributed by atoms with Crippen LogP contribution in [-0.2, 0) is 7.05 Å². The van der Waals surface area contributed by atoms with E-state index in [2.05, 4.69) is 0 Å². The lowest BCUT2D eigenvalue weighted by Crippen LogP contribution is -2.35. The molecule has 3 N–H and O–H groups in total. The number of thiocarbonyl (C=S) groups is 1. The summed E-state index contributed by atoms with van der Waals surface area (Å²) in [5.74, 6) is -0.624. The number of carbonyl (C=O) groups excluding carboxylic acids is 1. The van der Waals surface area contributed by atoms with Crippen LogP contribution in [0.15, 0.2) is 9.59 Å². The summed E-state index contributed by atoms with van der Waals surface area (Å²) < 4.78 is 1.54. The number of thioether (sulfide) groups is 1. The Bertz CT molecular complexity index is 633. The van der Waals surface area contributed by atoms with Gasteiger partial charge in [0, 0.05) is 21.1 Å². The lowest BCUT2D eigenvalue weighted by molar-refractivity contribution is 0.102. The molecule has 0 amide bonds. The number of anilines is 1. The van der Waals surface area contributed by atoms with Crippen molar-refractivity contribution >= 4 is 39.9 Å². The summed E-state index contributed by atoms with van der Waals surface area (Å²) in [6.45, 7) is 0. The minimum Gasteiger partial charge on any atom is -0.384 e. The predicted octanol–water partition coefficient (Wildman–Crippen LogP) is -0.582. The highest BCUT2D eigenvalue weighted by atomic mass is 32.2. The van der Waals surface area contributed by atoms with E-state index < -0.39 is 17.0 Å². The fourth-order valence-corrected chi connectivity index (χ4v) is 2.07. The number of ketones is 1. The molecule has 9 heteroatoms. The number of Topliss-reactive ketones (excluding diaryl/α,β-unsaturated/α-hetero) is 1. The zero-order chi connectivity index (χ0) is 14.7. The van der Waals surface area contributed by atoms with Gasteiger partial charge < -0.3 is 10.6 Å². The second-order valence-corrected chi connectivity index (χ2v) is 5.56. The maximum Gasteiger partial charge on any atom is 0.329 e. The molecule has 0 aliphatic carbocycles. The van der Waals surface area contributed by atoms with Gasteiger partial charge in [-0.15, -0.1) is 0 Å². The van der Waals surface area contributed by atoms with E-state index in [1.807, 2.05) is 4.98 Å². The maximum absolute atomic E-state index is 12.0. The van der Waals surface area contributed by atoms with Crippen molar-refractivity contribution in [1.82, 2.24) is 14.5 Å². The molecule has 7 nitrogen and oxygen atoms in total. The number of H-pyrrole nitrogens is 1. The first-order valence-corrected chi connectivity index (χ1v) is 6.61. The third-order valence-electron chi connectivity index (χ3n) is 2.34. The molecule has 104 valence electrons. The van der Waals surface area contributed by atoms with Crippen LogP contribution in [0.1, 0.15) is 10.4 Å². The minimum absolute atomic E-state index is 0.0114. The van der Waals surface area contributed by atoms with Crippen molar-refractivity contribution in [2.24, 2.45) is 7.05 Å². The number of nitrogens with two attached hydrogens (primary N) is 1. The van der Waals surface area contributed by atoms with E-state index >= 15 is 0 Å². The molecule has 0 atom stereocenters. The molecule has 0 aromatic carbocycles. The molecule has 1 heterocycles. The first-order valence-electron chi connectivity index (χ1n) is 5.21. The highest BCUT2D eigenvalue weighted by molar-refractivity contribution is 8.23. The highest BCUT2D eigenvalue weighted by Gasteiger charge is 2.18. The van der Waals surface area contributed by atoms with E-state index in [0.29, 0.717) is 4.32 Å². The van der Waals surface area contributed by atoms with Gasteiger partial charge in [0.05, 0.1) is 5.75 Å². The third kappa shape index (κ3) is 3.44. The summed E-state index contributed by atoms with van der Waals surface area (Å²) in [6, 6.07) is 0. The van der Waals surface area contributed by atoms with Crippen LogP contribution in [0.25, 0.3) is 0 Å². The van der Waals surface area contributed by atoms with Gasteiger partial charge in [-0.1, -0.05) is 24.0 Å². The van der Waals surface area contributed by atoms with E-state index in [1.165, 1.54) is 7.05 Å². The molecule has 0 aliphatic heterocycles. The van der Waals surface area contributed by atoms with Crippen LogP contribution in [0.2, 0.25) is 0 Å². The van der Waals surface area contributed by atoms with Crippen molar-refractivity contribution < 1.29 is 4.79 Å². The van der Waals surface area contributed by atoms with Crippen molar-refractivity contribution in [2.75, 3.05) is 25.6 Å². The molecule has 0 saturated heterocycles. The predicted molar refractivity (Wildman–Crippen MR) is 79.8 cm³/mol. The molecule has 1 aromatic heterocycles. The highest BCUT2D eigenvalue weighted by Crippen LogP contribution is 2.11. The Balaban J connectivity index is 3.02. The van der Waals surface area contributed by atoms with Crippen LogP contribution in [0.3, 0.4) is 0 Å². The van der Waals surface area contributed by atoms with E-state index in [9.17, 15) is 14.4 Å². The van der Waals surface area contributed by atoms with Gasteiger partial charge in [0.15, 0.2) is 5.78 Å². The average molecular weight is 302 g/mol. The molecule has 1 aromatic rings. The largest absolute Gasteiger partial charge is 0.384 e. The Kier molecular flexibility index (Phi) is 4.90. The van der Waals surface area contributed by atoms with Crippen LogP contribution in [0.4, 0.5) is 5.82 Å². The standard InChI is InChI=1S/C10H14N4O3S2/c1-13(2)10(18)19-4-5(15)6-7(11)14(3)9(17)12-8(6)16/h4,11H2,1-3H3,(H,12,16,17). The van der Waals surface area contributed by atoms with Crippen molar-refractivity contribution in [2.45, 2.75) is 0 Å². The normalized spacial score (nSPS) is 10.3. The number of hydrogen-bond acceptors (Lipinski definition) is 6. The second kappa shape index (κ2) is 6.02. The molecule has 1 rings (SSSR count). The number of aromatic nitrogens is 2. The number of carbonyl (C=O) groups is 1. The Hall–Kier alpha value is -1.61. The van der Waals surface area contributed by atoms with Gasteiger partial charge in [0.2, 0.25) is 0 Å². The lowest BCUT2D eigenvalue weighted by Gasteiger charge is -2.12. The molecule has 0 saturated carbocycles. The van der Waals surface area contributed by atoms with Gasteiger partial charge in [-0.3, -0.25) is 19.1 Å². The van der Waals surface area contributed by atoms with Crippen LogP contribution in [-0.4, -0.2) is 44.4 Å². The Morgan fingerprint density at radius 1 is 1.47 bits per heavy atom. The minimum atomic E-state index is -0.776. The van der Waals surface area contributed by atoms with E-state index in [0.717, 1.165) is 16.3 Å². The molecule has 0 radical (unpaired) electrons. The van der Waals surface area contributed by atoms with E-state index in [4.69, 9.17) is 18.0 Å². The van der Waals surface area contributed by atoms with Crippen molar-refractivity contribution in [3.05, 3.63) is 26.4 Å². The zero-order valence-corrected chi connectivity index (χ0v) is 12.4. The monoisotopic (exact) mass is 302 g/mol. The van der Waals surface area contributed by atoms with Crippen LogP contribution in [0, 0.1) is 0 Å². The van der Waals surface area contributed by atoms with Crippen molar-refractivity contribution in [3.63, 3.8) is 0 Å². The van der Waals surface area contributed by atoms with Crippen LogP contribution >= 0.6 is 24.0 Å². The van der Waals surface area contributed by atoms with Gasteiger partial charge >= 0.3 is 5.69 Å². The molecular formula is C10H14N4O3S2. The first kappa shape index (κ1) is 15.4. The number of rotatable bonds is 3. The third-order valence-corrected chi connectivity index (χ3v) is 4.08. The molecule has 0 spiro atoms. The number of nitrogen functional groups attached to an aromatic ring is 1. The molecule has 0 unspecified atom stereocenters. The SMILES string of the molecule is CN(C)C(=S)SCC(=O)c1c(N)n(C)c(=O)[nH]c1=O. The number of aromatic amines is 1. The lowest BCUT2D eigenvalue weighted by atomic mass is 10.2. The first-order chi connectivity index (χ1) is 8.75.